The molecule has 166 valence electrons. The zero-order valence-corrected chi connectivity index (χ0v) is 18.9. The zero-order valence-electron chi connectivity index (χ0n) is 17.4. The Morgan fingerprint density at radius 2 is 1.91 bits per heavy atom. The number of ether oxygens (including phenoxy) is 1. The molecule has 0 aliphatic carbocycles. The van der Waals surface area contributed by atoms with Gasteiger partial charge in [-0.25, -0.2) is 15.0 Å². The molecule has 0 radical (unpaired) electrons. The molecule has 3 aromatic heterocycles. The monoisotopic (exact) mass is 480 g/mol. The van der Waals surface area contributed by atoms with E-state index in [0.29, 0.717) is 63.1 Å². The number of aromatic nitrogens is 5. The molecule has 0 unspecified atom stereocenters. The van der Waals surface area contributed by atoms with Crippen LogP contribution in [-0.2, 0) is 0 Å². The molecule has 0 aliphatic heterocycles. The second-order valence-electron chi connectivity index (χ2n) is 6.74. The van der Waals surface area contributed by atoms with E-state index in [9.17, 15) is 0 Å². The summed E-state index contributed by atoms with van der Waals surface area (Å²) in [6.45, 7) is 1.04. The Kier molecular flexibility index (Phi) is 6.88. The van der Waals surface area contributed by atoms with Crippen molar-refractivity contribution in [3.05, 3.63) is 64.5 Å². The minimum Gasteiger partial charge on any atom is -0.480 e. The fourth-order valence-corrected chi connectivity index (χ4v) is 3.58. The van der Waals surface area contributed by atoms with Gasteiger partial charge in [-0.2, -0.15) is 10.2 Å². The summed E-state index contributed by atoms with van der Waals surface area (Å²) in [5.74, 6) is 1.93. The Morgan fingerprint density at radius 3 is 2.64 bits per heavy atom. The molecule has 0 amide bonds. The summed E-state index contributed by atoms with van der Waals surface area (Å²) in [4.78, 5) is 20.7. The number of imidazole rings is 1. The van der Waals surface area contributed by atoms with Crippen LogP contribution >= 0.6 is 23.2 Å². The Hall–Kier alpha value is -3.87. The van der Waals surface area contributed by atoms with Crippen molar-refractivity contribution in [3.8, 4) is 34.6 Å². The minimum atomic E-state index is 0.275. The first-order valence-electron chi connectivity index (χ1n) is 9.84. The van der Waals surface area contributed by atoms with Crippen molar-refractivity contribution in [1.29, 1.82) is 5.26 Å². The average molecular weight is 481 g/mol. The van der Waals surface area contributed by atoms with Crippen LogP contribution in [0.15, 0.2) is 48.9 Å². The van der Waals surface area contributed by atoms with Gasteiger partial charge in [-0.1, -0.05) is 23.2 Å². The zero-order chi connectivity index (χ0) is 23.2. The standard InChI is InChI=1S/C22H18Cl2N8O/c1-33-21-13(11-25)2-5-18(31-21)26-6-9-29-22-30-12-16(20-27-7-8-28-20)19(32-22)15-4-3-14(23)10-17(15)24/h2-5,7-8,10,12H,6,9H2,1H3,(H,26,31)(H,27,28)(H,29,30,32). The number of benzene rings is 1. The van der Waals surface area contributed by atoms with E-state index in [1.54, 1.807) is 42.9 Å². The van der Waals surface area contributed by atoms with Gasteiger partial charge < -0.3 is 20.4 Å². The molecule has 11 heteroatoms. The maximum absolute atomic E-state index is 9.06. The molecule has 0 saturated heterocycles. The first-order valence-corrected chi connectivity index (χ1v) is 10.6. The van der Waals surface area contributed by atoms with E-state index in [-0.39, 0.29) is 5.88 Å². The molecule has 0 saturated carbocycles. The smallest absolute Gasteiger partial charge is 0.233 e. The molecule has 9 nitrogen and oxygen atoms in total. The normalized spacial score (nSPS) is 10.5. The fraction of sp³-hybridized carbons (Fsp3) is 0.136. The van der Waals surface area contributed by atoms with Crippen molar-refractivity contribution in [1.82, 2.24) is 24.9 Å². The average Bonchev–Trinajstić information content (AvgIpc) is 3.36. The number of aromatic amines is 1. The molecule has 0 aliphatic rings. The molecular weight excluding hydrogens is 463 g/mol. The van der Waals surface area contributed by atoms with Gasteiger partial charge in [0.1, 0.15) is 23.3 Å². The summed E-state index contributed by atoms with van der Waals surface area (Å²) in [6, 6.07) is 10.6. The second kappa shape index (κ2) is 10.2. The molecule has 0 atom stereocenters. The lowest BCUT2D eigenvalue weighted by Crippen LogP contribution is -2.16. The van der Waals surface area contributed by atoms with Gasteiger partial charge in [0.15, 0.2) is 0 Å². The van der Waals surface area contributed by atoms with Gasteiger partial charge >= 0.3 is 0 Å². The maximum atomic E-state index is 9.06. The molecule has 0 fully saturated rings. The van der Waals surface area contributed by atoms with E-state index >= 15 is 0 Å². The number of nitrogens with zero attached hydrogens (tertiary/aromatic N) is 5. The Morgan fingerprint density at radius 1 is 1.06 bits per heavy atom. The Bertz CT molecular complexity index is 1300. The number of H-pyrrole nitrogens is 1. The summed E-state index contributed by atoms with van der Waals surface area (Å²) in [6.07, 6.45) is 5.08. The third-order valence-corrected chi connectivity index (χ3v) is 5.16. The number of halogens is 2. The lowest BCUT2D eigenvalue weighted by molar-refractivity contribution is 0.397. The summed E-state index contributed by atoms with van der Waals surface area (Å²) in [5.41, 5.74) is 2.42. The molecule has 0 spiro atoms. The van der Waals surface area contributed by atoms with Crippen LogP contribution < -0.4 is 15.4 Å². The van der Waals surface area contributed by atoms with Gasteiger partial charge in [-0.05, 0) is 30.3 Å². The van der Waals surface area contributed by atoms with E-state index in [0.717, 1.165) is 0 Å². The molecule has 3 N–H and O–H groups in total. The highest BCUT2D eigenvalue weighted by Crippen LogP contribution is 2.35. The predicted molar refractivity (Wildman–Crippen MR) is 128 cm³/mol. The van der Waals surface area contributed by atoms with Crippen LogP contribution in [0.3, 0.4) is 0 Å². The molecule has 3 heterocycles. The molecule has 1 aromatic carbocycles. The number of hydrogen-bond donors (Lipinski definition) is 3. The maximum Gasteiger partial charge on any atom is 0.233 e. The number of methoxy groups -OCH3 is 1. The number of nitrogens with one attached hydrogen (secondary N) is 3. The van der Waals surface area contributed by atoms with Crippen molar-refractivity contribution < 1.29 is 4.74 Å². The number of rotatable bonds is 8. The highest BCUT2D eigenvalue weighted by molar-refractivity contribution is 6.36. The molecular formula is C22H18Cl2N8O. The van der Waals surface area contributed by atoms with Crippen LogP contribution in [0.1, 0.15) is 5.56 Å². The largest absolute Gasteiger partial charge is 0.480 e. The van der Waals surface area contributed by atoms with Crippen LogP contribution in [-0.4, -0.2) is 45.1 Å². The highest BCUT2D eigenvalue weighted by Gasteiger charge is 2.16. The summed E-state index contributed by atoms with van der Waals surface area (Å²) < 4.78 is 5.13. The van der Waals surface area contributed by atoms with Gasteiger partial charge in [0.2, 0.25) is 11.8 Å². The summed E-state index contributed by atoms with van der Waals surface area (Å²) in [7, 11) is 1.47. The van der Waals surface area contributed by atoms with E-state index in [1.165, 1.54) is 7.11 Å². The lowest BCUT2D eigenvalue weighted by atomic mass is 10.1. The SMILES string of the molecule is COc1nc(NCCNc2ncc(-c3ncc[nH]3)c(-c3ccc(Cl)cc3Cl)n2)ccc1C#N. The van der Waals surface area contributed by atoms with Gasteiger partial charge in [0.25, 0.3) is 0 Å². The van der Waals surface area contributed by atoms with Crippen molar-refractivity contribution in [2.75, 3.05) is 30.8 Å². The molecule has 33 heavy (non-hydrogen) atoms. The third kappa shape index (κ3) is 5.14. The molecule has 4 aromatic rings. The fourth-order valence-electron chi connectivity index (χ4n) is 3.08. The molecule has 4 rings (SSSR count). The minimum absolute atomic E-state index is 0.275. The predicted octanol–water partition coefficient (Wildman–Crippen LogP) is 4.64. The van der Waals surface area contributed by atoms with E-state index in [2.05, 4.69) is 35.6 Å². The Labute approximate surface area is 199 Å². The van der Waals surface area contributed by atoms with Crippen molar-refractivity contribution >= 4 is 35.0 Å². The molecule has 0 bridgehead atoms. The van der Waals surface area contributed by atoms with Crippen LogP contribution in [0, 0.1) is 11.3 Å². The number of anilines is 2. The number of nitriles is 1. The Balaban J connectivity index is 1.50. The first-order chi connectivity index (χ1) is 16.1. The van der Waals surface area contributed by atoms with E-state index in [4.69, 9.17) is 33.2 Å². The highest BCUT2D eigenvalue weighted by atomic mass is 35.5. The quantitative estimate of drug-likeness (QED) is 0.311. The van der Waals surface area contributed by atoms with Crippen LogP contribution in [0.4, 0.5) is 11.8 Å². The van der Waals surface area contributed by atoms with Gasteiger partial charge in [0, 0.05) is 42.3 Å². The van der Waals surface area contributed by atoms with E-state index < -0.39 is 0 Å². The van der Waals surface area contributed by atoms with Crippen molar-refractivity contribution in [2.24, 2.45) is 0 Å². The van der Waals surface area contributed by atoms with Crippen LogP contribution in [0.2, 0.25) is 10.0 Å². The van der Waals surface area contributed by atoms with Crippen LogP contribution in [0.5, 0.6) is 5.88 Å². The van der Waals surface area contributed by atoms with Gasteiger partial charge in [-0.15, -0.1) is 0 Å². The van der Waals surface area contributed by atoms with E-state index in [1.807, 2.05) is 12.1 Å². The second-order valence-corrected chi connectivity index (χ2v) is 7.58. The third-order valence-electron chi connectivity index (χ3n) is 4.62. The van der Waals surface area contributed by atoms with Crippen LogP contribution in [0.25, 0.3) is 22.6 Å². The van der Waals surface area contributed by atoms with Gasteiger partial charge in [-0.3, -0.25) is 0 Å². The van der Waals surface area contributed by atoms with Crippen molar-refractivity contribution in [3.63, 3.8) is 0 Å². The summed E-state index contributed by atoms with van der Waals surface area (Å²) in [5, 5.41) is 16.4. The topological polar surface area (TPSA) is 124 Å². The van der Waals surface area contributed by atoms with Crippen molar-refractivity contribution in [2.45, 2.75) is 0 Å². The first kappa shape index (κ1) is 22.3. The summed E-state index contributed by atoms with van der Waals surface area (Å²) >= 11 is 12.5. The number of pyridine rings is 1. The number of hydrogen-bond acceptors (Lipinski definition) is 8. The lowest BCUT2D eigenvalue weighted by Gasteiger charge is -2.12. The van der Waals surface area contributed by atoms with Gasteiger partial charge in [0.05, 0.1) is 23.4 Å².